The first-order valence-corrected chi connectivity index (χ1v) is 7.89. The van der Waals surface area contributed by atoms with Crippen LogP contribution in [0.25, 0.3) is 0 Å². The first-order chi connectivity index (χ1) is 11.4. The minimum absolute atomic E-state index is 0.0964. The van der Waals surface area contributed by atoms with Gasteiger partial charge >= 0.3 is 0 Å². The highest BCUT2D eigenvalue weighted by atomic mass is 16.5. The quantitative estimate of drug-likeness (QED) is 0.747. The van der Waals surface area contributed by atoms with E-state index < -0.39 is 5.92 Å². The number of nitrogens with one attached hydrogen (secondary N) is 2. The van der Waals surface area contributed by atoms with Gasteiger partial charge in [-0.3, -0.25) is 14.4 Å². The predicted octanol–water partition coefficient (Wildman–Crippen LogP) is 0.609. The molecule has 1 fully saturated rings. The summed E-state index contributed by atoms with van der Waals surface area (Å²) < 4.78 is 5.32. The normalized spacial score (nSPS) is 16.9. The summed E-state index contributed by atoms with van der Waals surface area (Å²) >= 11 is 0. The first kappa shape index (κ1) is 17.8. The Balaban J connectivity index is 1.99. The Morgan fingerprint density at radius 2 is 2.00 bits per heavy atom. The number of carbonyl (C=O) groups excluding carboxylic acids is 3. The van der Waals surface area contributed by atoms with Crippen LogP contribution in [0.3, 0.4) is 0 Å². The van der Waals surface area contributed by atoms with Crippen molar-refractivity contribution in [2.75, 3.05) is 31.6 Å². The molecule has 0 spiro atoms. The Labute approximate surface area is 141 Å². The highest BCUT2D eigenvalue weighted by Gasteiger charge is 2.36. The standard InChI is InChI=1S/C17H23N3O4/c1-11-4-5-15(24-3)14(8-11)20-10-13(9-16(20)22)17(23)19-7-6-18-12(2)21/h4-5,8,13H,6-7,9-10H2,1-3H3,(H,18,21)(H,19,23). The third-order valence-corrected chi connectivity index (χ3v) is 3.92. The van der Waals surface area contributed by atoms with Crippen LogP contribution in [0.1, 0.15) is 18.9 Å². The van der Waals surface area contributed by atoms with Gasteiger partial charge in [-0.25, -0.2) is 0 Å². The van der Waals surface area contributed by atoms with Crippen molar-refractivity contribution in [1.29, 1.82) is 0 Å². The van der Waals surface area contributed by atoms with Crippen LogP contribution in [0.5, 0.6) is 5.75 Å². The van der Waals surface area contributed by atoms with Gasteiger partial charge in [-0.1, -0.05) is 6.07 Å². The van der Waals surface area contributed by atoms with E-state index in [-0.39, 0.29) is 24.1 Å². The molecule has 0 aliphatic carbocycles. The second-order valence-electron chi connectivity index (χ2n) is 5.85. The lowest BCUT2D eigenvalue weighted by molar-refractivity contribution is -0.126. The van der Waals surface area contributed by atoms with Gasteiger partial charge in [-0.05, 0) is 24.6 Å². The zero-order chi connectivity index (χ0) is 17.7. The molecule has 2 rings (SSSR count). The Morgan fingerprint density at radius 1 is 1.29 bits per heavy atom. The number of aryl methyl sites for hydroxylation is 1. The lowest BCUT2D eigenvalue weighted by Crippen LogP contribution is -2.38. The van der Waals surface area contributed by atoms with Crippen molar-refractivity contribution < 1.29 is 19.1 Å². The number of benzene rings is 1. The van der Waals surface area contributed by atoms with E-state index in [0.717, 1.165) is 5.56 Å². The predicted molar refractivity (Wildman–Crippen MR) is 89.9 cm³/mol. The van der Waals surface area contributed by atoms with Gasteiger partial charge in [0.2, 0.25) is 17.7 Å². The summed E-state index contributed by atoms with van der Waals surface area (Å²) in [6, 6.07) is 5.61. The molecule has 1 heterocycles. The lowest BCUT2D eigenvalue weighted by atomic mass is 10.1. The molecule has 0 saturated carbocycles. The van der Waals surface area contributed by atoms with Crippen LogP contribution in [0.4, 0.5) is 5.69 Å². The molecule has 3 amide bonds. The Morgan fingerprint density at radius 3 is 2.67 bits per heavy atom. The average molecular weight is 333 g/mol. The van der Waals surface area contributed by atoms with Crippen LogP contribution in [0.2, 0.25) is 0 Å². The van der Waals surface area contributed by atoms with E-state index in [1.807, 2.05) is 25.1 Å². The lowest BCUT2D eigenvalue weighted by Gasteiger charge is -2.20. The Bertz CT molecular complexity index is 645. The molecule has 7 heteroatoms. The largest absolute Gasteiger partial charge is 0.495 e. The first-order valence-electron chi connectivity index (χ1n) is 7.89. The SMILES string of the molecule is COc1ccc(C)cc1N1CC(C(=O)NCCNC(C)=O)CC1=O. The number of hydrogen-bond acceptors (Lipinski definition) is 4. The third-order valence-electron chi connectivity index (χ3n) is 3.92. The molecule has 24 heavy (non-hydrogen) atoms. The smallest absolute Gasteiger partial charge is 0.227 e. The molecule has 2 N–H and O–H groups in total. The number of ether oxygens (including phenoxy) is 1. The van der Waals surface area contributed by atoms with Gasteiger partial charge < -0.3 is 20.3 Å². The topological polar surface area (TPSA) is 87.7 Å². The number of methoxy groups -OCH3 is 1. The molecule has 1 unspecified atom stereocenters. The number of amides is 3. The van der Waals surface area contributed by atoms with Gasteiger partial charge in [0.05, 0.1) is 18.7 Å². The molecule has 1 aliphatic heterocycles. The van der Waals surface area contributed by atoms with Crippen LogP contribution in [0.15, 0.2) is 18.2 Å². The van der Waals surface area contributed by atoms with Gasteiger partial charge in [0, 0.05) is 33.0 Å². The van der Waals surface area contributed by atoms with Crippen molar-refractivity contribution in [3.8, 4) is 5.75 Å². The summed E-state index contributed by atoms with van der Waals surface area (Å²) in [7, 11) is 1.56. The highest BCUT2D eigenvalue weighted by molar-refractivity contribution is 6.01. The second kappa shape index (κ2) is 7.81. The van der Waals surface area contributed by atoms with Gasteiger partial charge in [0.1, 0.15) is 5.75 Å². The van der Waals surface area contributed by atoms with E-state index in [1.165, 1.54) is 6.92 Å². The van der Waals surface area contributed by atoms with Crippen molar-refractivity contribution in [2.45, 2.75) is 20.3 Å². The summed E-state index contributed by atoms with van der Waals surface area (Å²) in [5.74, 6) is -0.206. The van der Waals surface area contributed by atoms with E-state index in [0.29, 0.717) is 31.1 Å². The molecule has 1 aromatic rings. The molecule has 1 aromatic carbocycles. The van der Waals surface area contributed by atoms with Crippen LogP contribution < -0.4 is 20.3 Å². The molecule has 0 radical (unpaired) electrons. The molecule has 0 aromatic heterocycles. The van der Waals surface area contributed by atoms with Crippen LogP contribution in [0, 0.1) is 12.8 Å². The van der Waals surface area contributed by atoms with Gasteiger partial charge in [-0.15, -0.1) is 0 Å². The van der Waals surface area contributed by atoms with E-state index in [9.17, 15) is 14.4 Å². The van der Waals surface area contributed by atoms with Crippen molar-refractivity contribution in [3.05, 3.63) is 23.8 Å². The van der Waals surface area contributed by atoms with E-state index in [2.05, 4.69) is 10.6 Å². The maximum Gasteiger partial charge on any atom is 0.227 e. The van der Waals surface area contributed by atoms with Gasteiger partial charge in [0.25, 0.3) is 0 Å². The molecule has 1 aliphatic rings. The van der Waals surface area contributed by atoms with Crippen LogP contribution >= 0.6 is 0 Å². The zero-order valence-electron chi connectivity index (χ0n) is 14.2. The summed E-state index contributed by atoms with van der Waals surface area (Å²) in [5.41, 5.74) is 1.71. The summed E-state index contributed by atoms with van der Waals surface area (Å²) in [5, 5.41) is 5.36. The maximum atomic E-state index is 12.3. The fourth-order valence-electron chi connectivity index (χ4n) is 2.70. The van der Waals surface area contributed by atoms with Crippen molar-refractivity contribution in [2.24, 2.45) is 5.92 Å². The van der Waals surface area contributed by atoms with E-state index in [1.54, 1.807) is 12.0 Å². The molecule has 130 valence electrons. The summed E-state index contributed by atoms with van der Waals surface area (Å²) in [6.07, 6.45) is 0.170. The Kier molecular flexibility index (Phi) is 5.78. The van der Waals surface area contributed by atoms with E-state index in [4.69, 9.17) is 4.74 Å². The average Bonchev–Trinajstić information content (AvgIpc) is 2.93. The van der Waals surface area contributed by atoms with Crippen molar-refractivity contribution >= 4 is 23.4 Å². The molecule has 0 bridgehead atoms. The number of anilines is 1. The highest BCUT2D eigenvalue weighted by Crippen LogP contribution is 2.33. The number of nitrogens with zero attached hydrogens (tertiary/aromatic N) is 1. The third kappa shape index (κ3) is 4.24. The second-order valence-corrected chi connectivity index (χ2v) is 5.85. The minimum atomic E-state index is -0.403. The molecular weight excluding hydrogens is 310 g/mol. The minimum Gasteiger partial charge on any atom is -0.495 e. The van der Waals surface area contributed by atoms with Crippen LogP contribution in [-0.4, -0.2) is 44.5 Å². The molecule has 7 nitrogen and oxygen atoms in total. The molecule has 1 saturated heterocycles. The maximum absolute atomic E-state index is 12.3. The molecular formula is C17H23N3O4. The number of carbonyl (C=O) groups is 3. The van der Waals surface area contributed by atoms with Gasteiger partial charge in [0.15, 0.2) is 0 Å². The fraction of sp³-hybridized carbons (Fsp3) is 0.471. The van der Waals surface area contributed by atoms with E-state index >= 15 is 0 Å². The Hall–Kier alpha value is -2.57. The summed E-state index contributed by atoms with van der Waals surface area (Å²) in [6.45, 7) is 4.40. The van der Waals surface area contributed by atoms with Crippen molar-refractivity contribution in [1.82, 2.24) is 10.6 Å². The van der Waals surface area contributed by atoms with Crippen molar-refractivity contribution in [3.63, 3.8) is 0 Å². The fourth-order valence-corrected chi connectivity index (χ4v) is 2.70. The molecule has 1 atom stereocenters. The monoisotopic (exact) mass is 333 g/mol. The van der Waals surface area contributed by atoms with Crippen LogP contribution in [-0.2, 0) is 14.4 Å². The van der Waals surface area contributed by atoms with Gasteiger partial charge in [-0.2, -0.15) is 0 Å². The summed E-state index contributed by atoms with van der Waals surface area (Å²) in [4.78, 5) is 36.9. The number of hydrogen-bond donors (Lipinski definition) is 2. The number of rotatable bonds is 6. The zero-order valence-corrected chi connectivity index (χ0v) is 14.2.